The molecule has 10 rings (SSSR count). The monoisotopic (exact) mass is 574 g/mol. The van der Waals surface area contributed by atoms with Crippen LogP contribution in [0.4, 0.5) is 0 Å². The number of rotatable bonds is 1. The van der Waals surface area contributed by atoms with E-state index >= 15 is 0 Å². The summed E-state index contributed by atoms with van der Waals surface area (Å²) in [4.78, 5) is 0. The average molecular weight is 575 g/mol. The lowest BCUT2D eigenvalue weighted by Crippen LogP contribution is -2.26. The summed E-state index contributed by atoms with van der Waals surface area (Å²) in [7, 11) is 0. The third kappa shape index (κ3) is 3.08. The number of ether oxygens (including phenoxy) is 1. The molecule has 0 radical (unpaired) electrons. The van der Waals surface area contributed by atoms with Crippen molar-refractivity contribution in [1.82, 2.24) is 0 Å². The Morgan fingerprint density at radius 1 is 0.400 bits per heavy atom. The van der Waals surface area contributed by atoms with Crippen molar-refractivity contribution in [3.8, 4) is 44.9 Å². The summed E-state index contributed by atoms with van der Waals surface area (Å²) in [6.07, 6.45) is 0. The van der Waals surface area contributed by atoms with Gasteiger partial charge in [-0.25, -0.2) is 0 Å². The van der Waals surface area contributed by atoms with Crippen molar-refractivity contribution >= 4 is 10.8 Å². The lowest BCUT2D eigenvalue weighted by molar-refractivity contribution is 0.419. The van der Waals surface area contributed by atoms with E-state index in [9.17, 15) is 0 Å². The molecule has 2 aliphatic carbocycles. The van der Waals surface area contributed by atoms with Gasteiger partial charge in [-0.05, 0) is 85.1 Å². The highest BCUT2D eigenvalue weighted by Crippen LogP contribution is 2.64. The minimum Gasteiger partial charge on any atom is -0.456 e. The number of benzene rings is 7. The zero-order chi connectivity index (χ0) is 29.9. The first-order valence-electron chi connectivity index (χ1n) is 15.9. The molecule has 7 aromatic rings. The van der Waals surface area contributed by atoms with E-state index in [4.69, 9.17) is 4.74 Å². The molecular weight excluding hydrogens is 544 g/mol. The second-order valence-electron chi connectivity index (χ2n) is 13.3. The van der Waals surface area contributed by atoms with E-state index in [2.05, 4.69) is 159 Å². The quantitative estimate of drug-likeness (QED) is 0.189. The summed E-state index contributed by atoms with van der Waals surface area (Å²) < 4.78 is 6.76. The summed E-state index contributed by atoms with van der Waals surface area (Å²) >= 11 is 0. The van der Waals surface area contributed by atoms with E-state index in [1.54, 1.807) is 0 Å². The van der Waals surface area contributed by atoms with Crippen molar-refractivity contribution in [3.05, 3.63) is 179 Å². The SMILES string of the molecule is CC1(C)c2ccccc2Oc2c(-c3ccc4c(c3)C3(c5ccccc5-4)c4ccccc4-c4cc5ccccc5cc43)cccc21. The van der Waals surface area contributed by atoms with Gasteiger partial charge in [-0.15, -0.1) is 0 Å². The topological polar surface area (TPSA) is 9.23 Å². The van der Waals surface area contributed by atoms with Crippen LogP contribution in [0.1, 0.15) is 47.2 Å². The van der Waals surface area contributed by atoms with Gasteiger partial charge < -0.3 is 4.74 Å². The predicted molar refractivity (Wildman–Crippen MR) is 184 cm³/mol. The molecule has 0 N–H and O–H groups in total. The van der Waals surface area contributed by atoms with Crippen molar-refractivity contribution < 1.29 is 4.74 Å². The number of fused-ring (bicyclic) bond motifs is 13. The van der Waals surface area contributed by atoms with Crippen LogP contribution < -0.4 is 4.74 Å². The Labute approximate surface area is 263 Å². The van der Waals surface area contributed by atoms with Gasteiger partial charge in [0.25, 0.3) is 0 Å². The molecule has 1 aliphatic heterocycles. The number of hydrogen-bond acceptors (Lipinski definition) is 1. The molecule has 0 fully saturated rings. The second-order valence-corrected chi connectivity index (χ2v) is 13.3. The molecule has 1 heterocycles. The molecule has 1 unspecified atom stereocenters. The Bertz CT molecular complexity index is 2390. The molecule has 7 aromatic carbocycles. The predicted octanol–water partition coefficient (Wildman–Crippen LogP) is 11.3. The van der Waals surface area contributed by atoms with Crippen molar-refractivity contribution in [2.45, 2.75) is 24.7 Å². The minimum atomic E-state index is -0.403. The lowest BCUT2D eigenvalue weighted by Gasteiger charge is -2.35. The van der Waals surface area contributed by atoms with Crippen LogP contribution in [0.5, 0.6) is 11.5 Å². The van der Waals surface area contributed by atoms with Crippen LogP contribution in [0.25, 0.3) is 44.2 Å². The van der Waals surface area contributed by atoms with Gasteiger partial charge in [0, 0.05) is 22.1 Å². The van der Waals surface area contributed by atoms with Crippen LogP contribution in [0.15, 0.2) is 146 Å². The van der Waals surface area contributed by atoms with Crippen LogP contribution >= 0.6 is 0 Å². The van der Waals surface area contributed by atoms with E-state index in [0.717, 1.165) is 17.1 Å². The highest BCUT2D eigenvalue weighted by molar-refractivity contribution is 6.00. The molecule has 3 aliphatic rings. The Morgan fingerprint density at radius 3 is 1.73 bits per heavy atom. The van der Waals surface area contributed by atoms with Crippen LogP contribution in [0.2, 0.25) is 0 Å². The van der Waals surface area contributed by atoms with Crippen molar-refractivity contribution in [2.75, 3.05) is 0 Å². The zero-order valence-corrected chi connectivity index (χ0v) is 25.3. The fourth-order valence-electron chi connectivity index (χ4n) is 8.68. The molecule has 1 atom stereocenters. The Balaban J connectivity index is 1.27. The summed E-state index contributed by atoms with van der Waals surface area (Å²) in [5, 5.41) is 2.55. The van der Waals surface area contributed by atoms with Crippen LogP contribution in [-0.2, 0) is 10.8 Å². The molecule has 45 heavy (non-hydrogen) atoms. The molecule has 0 saturated carbocycles. The van der Waals surface area contributed by atoms with Gasteiger partial charge in [-0.1, -0.05) is 135 Å². The van der Waals surface area contributed by atoms with E-state index in [-0.39, 0.29) is 5.41 Å². The standard InChI is InChI=1S/C44H30O/c1-43(2)37-19-9-10-21-41(37)45-42-30(16-11-20-38(42)43)29-22-23-33-31-14-5-7-17-35(31)44(39(33)26-29)36-18-8-6-15-32(36)34-24-27-12-3-4-13-28(27)25-40(34)44/h3-26H,1-2H3. The maximum atomic E-state index is 6.76. The summed E-state index contributed by atoms with van der Waals surface area (Å²) in [6.45, 7) is 4.62. The first-order valence-corrected chi connectivity index (χ1v) is 15.9. The number of para-hydroxylation sites is 2. The van der Waals surface area contributed by atoms with Crippen molar-refractivity contribution in [3.63, 3.8) is 0 Å². The molecule has 0 aromatic heterocycles. The molecule has 1 heteroatoms. The largest absolute Gasteiger partial charge is 0.456 e. The fraction of sp³-hybridized carbons (Fsp3) is 0.0909. The second kappa shape index (κ2) is 8.61. The lowest BCUT2D eigenvalue weighted by atomic mass is 9.70. The van der Waals surface area contributed by atoms with Gasteiger partial charge >= 0.3 is 0 Å². The summed E-state index contributed by atoms with van der Waals surface area (Å²) in [5.74, 6) is 1.90. The maximum Gasteiger partial charge on any atom is 0.139 e. The van der Waals surface area contributed by atoms with Crippen LogP contribution in [0, 0.1) is 0 Å². The first kappa shape index (κ1) is 25.0. The number of hydrogen-bond donors (Lipinski definition) is 0. The normalized spacial score (nSPS) is 17.6. The van der Waals surface area contributed by atoms with Gasteiger partial charge in [0.1, 0.15) is 11.5 Å². The van der Waals surface area contributed by atoms with Gasteiger partial charge in [0.15, 0.2) is 0 Å². The summed E-state index contributed by atoms with van der Waals surface area (Å²) in [5.41, 5.74) is 14.9. The molecule has 1 spiro atoms. The van der Waals surface area contributed by atoms with E-state index in [1.165, 1.54) is 72.0 Å². The van der Waals surface area contributed by atoms with Crippen LogP contribution in [-0.4, -0.2) is 0 Å². The molecule has 1 nitrogen and oxygen atoms in total. The van der Waals surface area contributed by atoms with Gasteiger partial charge in [-0.3, -0.25) is 0 Å². The fourth-order valence-corrected chi connectivity index (χ4v) is 8.68. The zero-order valence-electron chi connectivity index (χ0n) is 25.3. The molecule has 0 saturated heterocycles. The van der Waals surface area contributed by atoms with Crippen LogP contribution in [0.3, 0.4) is 0 Å². The third-order valence-electron chi connectivity index (χ3n) is 10.7. The molecule has 212 valence electrons. The summed E-state index contributed by atoms with van der Waals surface area (Å²) in [6, 6.07) is 53.9. The van der Waals surface area contributed by atoms with Crippen molar-refractivity contribution in [2.24, 2.45) is 0 Å². The first-order chi connectivity index (χ1) is 22.1. The highest BCUT2D eigenvalue weighted by Gasteiger charge is 2.51. The van der Waals surface area contributed by atoms with Gasteiger partial charge in [0.05, 0.1) is 5.41 Å². The van der Waals surface area contributed by atoms with Crippen molar-refractivity contribution in [1.29, 1.82) is 0 Å². The third-order valence-corrected chi connectivity index (χ3v) is 10.7. The van der Waals surface area contributed by atoms with Gasteiger partial charge in [0.2, 0.25) is 0 Å². The molecular formula is C44H30O. The van der Waals surface area contributed by atoms with Gasteiger partial charge in [-0.2, -0.15) is 0 Å². The Morgan fingerprint density at radius 2 is 0.956 bits per heavy atom. The molecule has 0 bridgehead atoms. The minimum absolute atomic E-state index is 0.168. The average Bonchev–Trinajstić information content (AvgIpc) is 3.53. The Hall–Kier alpha value is -5.40. The highest BCUT2D eigenvalue weighted by atomic mass is 16.5. The van der Waals surface area contributed by atoms with E-state index in [0.29, 0.717) is 0 Å². The maximum absolute atomic E-state index is 6.76. The molecule has 0 amide bonds. The van der Waals surface area contributed by atoms with E-state index < -0.39 is 5.41 Å². The smallest absolute Gasteiger partial charge is 0.139 e. The van der Waals surface area contributed by atoms with E-state index in [1.807, 2.05) is 0 Å². The Kier molecular flexibility index (Phi) is 4.78.